The minimum absolute atomic E-state index is 0.712. The zero-order valence-corrected chi connectivity index (χ0v) is 12.3. The Hall–Kier alpha value is -2.07. The Morgan fingerprint density at radius 1 is 0.810 bits per heavy atom. The van der Waals surface area contributed by atoms with Crippen LogP contribution in [-0.4, -0.2) is 37.7 Å². The molecule has 21 heavy (non-hydrogen) atoms. The van der Waals surface area contributed by atoms with Crippen molar-refractivity contribution in [2.24, 2.45) is 5.73 Å². The van der Waals surface area contributed by atoms with Crippen LogP contribution in [0.1, 0.15) is 5.56 Å². The lowest BCUT2D eigenvalue weighted by Crippen LogP contribution is -2.46. The third kappa shape index (κ3) is 3.34. The van der Waals surface area contributed by atoms with Gasteiger partial charge in [-0.25, -0.2) is 0 Å². The highest BCUT2D eigenvalue weighted by Gasteiger charge is 2.17. The van der Waals surface area contributed by atoms with Gasteiger partial charge in [0, 0.05) is 49.9 Å². The summed E-state index contributed by atoms with van der Waals surface area (Å²) in [4.78, 5) is 8.95. The van der Waals surface area contributed by atoms with Crippen LogP contribution in [0.4, 0.5) is 11.4 Å². The molecule has 1 saturated heterocycles. The lowest BCUT2D eigenvalue weighted by molar-refractivity contribution is 0.653. The number of nitrogens with two attached hydrogens (primary N) is 1. The van der Waals surface area contributed by atoms with Gasteiger partial charge in [-0.05, 0) is 42.8 Å². The zero-order valence-electron chi connectivity index (χ0n) is 12.3. The molecule has 2 heterocycles. The number of rotatable bonds is 4. The van der Waals surface area contributed by atoms with E-state index in [0.29, 0.717) is 6.54 Å². The predicted octanol–water partition coefficient (Wildman–Crippen LogP) is 1.91. The average molecular weight is 282 g/mol. The summed E-state index contributed by atoms with van der Waals surface area (Å²) >= 11 is 0. The number of hydrogen-bond donors (Lipinski definition) is 1. The van der Waals surface area contributed by atoms with Crippen molar-refractivity contribution < 1.29 is 0 Å². The molecule has 1 aliphatic heterocycles. The third-order valence-electron chi connectivity index (χ3n) is 4.04. The van der Waals surface area contributed by atoms with Gasteiger partial charge in [0.2, 0.25) is 0 Å². The molecule has 2 aromatic rings. The van der Waals surface area contributed by atoms with Crippen molar-refractivity contribution in [3.63, 3.8) is 0 Å². The topological polar surface area (TPSA) is 45.4 Å². The van der Waals surface area contributed by atoms with E-state index >= 15 is 0 Å². The van der Waals surface area contributed by atoms with Crippen molar-refractivity contribution in [3.05, 3.63) is 54.4 Å². The highest BCUT2D eigenvalue weighted by Crippen LogP contribution is 2.20. The van der Waals surface area contributed by atoms with E-state index < -0.39 is 0 Å². The van der Waals surface area contributed by atoms with Crippen LogP contribution >= 0.6 is 0 Å². The van der Waals surface area contributed by atoms with Gasteiger partial charge in [0.05, 0.1) is 0 Å². The molecule has 0 spiro atoms. The number of aromatic nitrogens is 1. The first kappa shape index (κ1) is 13.9. The molecule has 0 aliphatic carbocycles. The van der Waals surface area contributed by atoms with Crippen molar-refractivity contribution in [2.45, 2.75) is 6.42 Å². The Balaban J connectivity index is 1.60. The van der Waals surface area contributed by atoms with Crippen LogP contribution in [-0.2, 0) is 6.42 Å². The van der Waals surface area contributed by atoms with Gasteiger partial charge in [-0.3, -0.25) is 4.98 Å². The highest BCUT2D eigenvalue weighted by molar-refractivity contribution is 5.51. The molecule has 110 valence electrons. The van der Waals surface area contributed by atoms with Crippen molar-refractivity contribution in [1.82, 2.24) is 4.98 Å². The summed E-state index contributed by atoms with van der Waals surface area (Å²) in [6, 6.07) is 13.0. The lowest BCUT2D eigenvalue weighted by Gasteiger charge is -2.37. The van der Waals surface area contributed by atoms with Crippen LogP contribution in [0.5, 0.6) is 0 Å². The second-order valence-corrected chi connectivity index (χ2v) is 5.38. The first-order valence-corrected chi connectivity index (χ1v) is 7.56. The Bertz CT molecular complexity index is 545. The van der Waals surface area contributed by atoms with E-state index in [-0.39, 0.29) is 0 Å². The van der Waals surface area contributed by atoms with Crippen molar-refractivity contribution in [3.8, 4) is 0 Å². The highest BCUT2D eigenvalue weighted by atomic mass is 15.3. The number of benzene rings is 1. The second-order valence-electron chi connectivity index (χ2n) is 5.38. The molecule has 0 radical (unpaired) electrons. The molecule has 0 unspecified atom stereocenters. The summed E-state index contributed by atoms with van der Waals surface area (Å²) in [6.07, 6.45) is 4.67. The maximum absolute atomic E-state index is 5.59. The minimum Gasteiger partial charge on any atom is -0.368 e. The monoisotopic (exact) mass is 282 g/mol. The number of anilines is 2. The molecular weight excluding hydrogens is 260 g/mol. The van der Waals surface area contributed by atoms with E-state index in [0.717, 1.165) is 32.6 Å². The average Bonchev–Trinajstić information content (AvgIpc) is 2.57. The summed E-state index contributed by atoms with van der Waals surface area (Å²) in [5.41, 5.74) is 9.48. The van der Waals surface area contributed by atoms with Crippen LogP contribution < -0.4 is 15.5 Å². The van der Waals surface area contributed by atoms with Gasteiger partial charge >= 0.3 is 0 Å². The maximum atomic E-state index is 5.59. The molecule has 3 rings (SSSR count). The minimum atomic E-state index is 0.712. The van der Waals surface area contributed by atoms with E-state index in [9.17, 15) is 0 Å². The zero-order chi connectivity index (χ0) is 14.5. The molecule has 1 aromatic carbocycles. The molecule has 0 saturated carbocycles. The Kier molecular flexibility index (Phi) is 4.36. The van der Waals surface area contributed by atoms with Crippen LogP contribution in [0.3, 0.4) is 0 Å². The van der Waals surface area contributed by atoms with E-state index in [1.54, 1.807) is 0 Å². The molecule has 2 N–H and O–H groups in total. The Morgan fingerprint density at radius 3 is 1.86 bits per heavy atom. The molecule has 4 heteroatoms. The Morgan fingerprint density at radius 2 is 1.33 bits per heavy atom. The van der Waals surface area contributed by atoms with E-state index in [2.05, 4.69) is 51.2 Å². The van der Waals surface area contributed by atoms with Gasteiger partial charge in [-0.15, -0.1) is 0 Å². The van der Waals surface area contributed by atoms with Crippen LogP contribution in [0, 0.1) is 0 Å². The number of pyridine rings is 1. The fourth-order valence-electron chi connectivity index (χ4n) is 2.82. The molecule has 1 fully saturated rings. The maximum Gasteiger partial charge on any atom is 0.0398 e. The van der Waals surface area contributed by atoms with Crippen molar-refractivity contribution >= 4 is 11.4 Å². The normalized spacial score (nSPS) is 15.3. The third-order valence-corrected chi connectivity index (χ3v) is 4.04. The predicted molar refractivity (Wildman–Crippen MR) is 87.9 cm³/mol. The first-order chi connectivity index (χ1) is 10.4. The summed E-state index contributed by atoms with van der Waals surface area (Å²) < 4.78 is 0. The van der Waals surface area contributed by atoms with Gasteiger partial charge in [-0.1, -0.05) is 12.1 Å². The first-order valence-electron chi connectivity index (χ1n) is 7.56. The molecule has 0 bridgehead atoms. The van der Waals surface area contributed by atoms with Crippen LogP contribution in [0.2, 0.25) is 0 Å². The largest absolute Gasteiger partial charge is 0.368 e. The Labute approximate surface area is 126 Å². The van der Waals surface area contributed by atoms with Gasteiger partial charge in [0.25, 0.3) is 0 Å². The number of piperazine rings is 1. The molecular formula is C17H22N4. The summed E-state index contributed by atoms with van der Waals surface area (Å²) in [6.45, 7) is 4.92. The quantitative estimate of drug-likeness (QED) is 0.930. The number of hydrogen-bond acceptors (Lipinski definition) is 4. The number of nitrogens with zero attached hydrogens (tertiary/aromatic N) is 3. The second kappa shape index (κ2) is 6.59. The molecule has 0 amide bonds. The van der Waals surface area contributed by atoms with Gasteiger partial charge < -0.3 is 15.5 Å². The standard InChI is InChI=1S/C17H22N4/c18-8-5-15-1-3-16(4-2-15)20-11-13-21(14-12-20)17-6-9-19-10-7-17/h1-4,6-7,9-10H,5,8,11-14,18H2. The SMILES string of the molecule is NCCc1ccc(N2CCN(c3ccncc3)CC2)cc1. The molecule has 1 aromatic heterocycles. The van der Waals surface area contributed by atoms with E-state index in [1.165, 1.54) is 16.9 Å². The fraction of sp³-hybridized carbons (Fsp3) is 0.353. The summed E-state index contributed by atoms with van der Waals surface area (Å²) in [7, 11) is 0. The van der Waals surface area contributed by atoms with Gasteiger partial charge in [0.15, 0.2) is 0 Å². The fourth-order valence-corrected chi connectivity index (χ4v) is 2.82. The lowest BCUT2D eigenvalue weighted by atomic mass is 10.1. The van der Waals surface area contributed by atoms with Gasteiger partial charge in [0.1, 0.15) is 0 Å². The van der Waals surface area contributed by atoms with Crippen LogP contribution in [0.15, 0.2) is 48.8 Å². The smallest absolute Gasteiger partial charge is 0.0398 e. The van der Waals surface area contributed by atoms with Crippen molar-refractivity contribution in [1.29, 1.82) is 0 Å². The summed E-state index contributed by atoms with van der Waals surface area (Å²) in [5, 5.41) is 0. The van der Waals surface area contributed by atoms with E-state index in [1.807, 2.05) is 12.4 Å². The summed E-state index contributed by atoms with van der Waals surface area (Å²) in [5.74, 6) is 0. The van der Waals surface area contributed by atoms with Crippen LogP contribution in [0.25, 0.3) is 0 Å². The van der Waals surface area contributed by atoms with Gasteiger partial charge in [-0.2, -0.15) is 0 Å². The molecule has 1 aliphatic rings. The van der Waals surface area contributed by atoms with E-state index in [4.69, 9.17) is 5.73 Å². The molecule has 0 atom stereocenters. The molecule has 4 nitrogen and oxygen atoms in total. The van der Waals surface area contributed by atoms with Crippen molar-refractivity contribution in [2.75, 3.05) is 42.5 Å².